The molecule has 0 radical (unpaired) electrons. The number of benzene rings is 1. The second kappa shape index (κ2) is 5.63. The maximum atomic E-state index is 4.12. The van der Waals surface area contributed by atoms with Crippen molar-refractivity contribution >= 4 is 5.82 Å². The third-order valence-corrected chi connectivity index (χ3v) is 3.05. The lowest BCUT2D eigenvalue weighted by Gasteiger charge is -2.14. The summed E-state index contributed by atoms with van der Waals surface area (Å²) in [5.41, 5.74) is 3.55. The SMILES string of the molecule is CCc1ccc(C(C)Nc2ccc(C)nn2)cc1. The number of hydrogen-bond acceptors (Lipinski definition) is 3. The first-order valence-corrected chi connectivity index (χ1v) is 6.34. The standard InChI is InChI=1S/C15H19N3/c1-4-13-6-8-14(9-7-13)12(3)16-15-10-5-11(2)17-18-15/h5-10,12H,4H2,1-3H3,(H,16,18). The summed E-state index contributed by atoms with van der Waals surface area (Å²) >= 11 is 0. The van der Waals surface area contributed by atoms with Crippen LogP contribution in [0, 0.1) is 6.92 Å². The third kappa shape index (κ3) is 3.06. The van der Waals surface area contributed by atoms with Gasteiger partial charge >= 0.3 is 0 Å². The molecule has 0 aliphatic carbocycles. The zero-order chi connectivity index (χ0) is 13.0. The molecule has 94 valence electrons. The molecule has 0 aliphatic heterocycles. The van der Waals surface area contributed by atoms with E-state index in [4.69, 9.17) is 0 Å². The summed E-state index contributed by atoms with van der Waals surface area (Å²) in [5.74, 6) is 0.813. The molecule has 1 aromatic carbocycles. The molecule has 3 heteroatoms. The number of aryl methyl sites for hydroxylation is 2. The molecule has 0 bridgehead atoms. The highest BCUT2D eigenvalue weighted by Crippen LogP contribution is 2.18. The van der Waals surface area contributed by atoms with Crippen LogP contribution in [0.3, 0.4) is 0 Å². The fourth-order valence-corrected chi connectivity index (χ4v) is 1.82. The Labute approximate surface area is 108 Å². The van der Waals surface area contributed by atoms with Gasteiger partial charge in [0.25, 0.3) is 0 Å². The molecule has 3 nitrogen and oxygen atoms in total. The van der Waals surface area contributed by atoms with Gasteiger partial charge < -0.3 is 5.32 Å². The Kier molecular flexibility index (Phi) is 3.92. The Morgan fingerprint density at radius 3 is 2.33 bits per heavy atom. The van der Waals surface area contributed by atoms with Gasteiger partial charge in [-0.1, -0.05) is 31.2 Å². The van der Waals surface area contributed by atoms with Crippen LogP contribution in [0.4, 0.5) is 5.82 Å². The van der Waals surface area contributed by atoms with Gasteiger partial charge in [0.1, 0.15) is 5.82 Å². The molecule has 0 aliphatic rings. The van der Waals surface area contributed by atoms with E-state index in [1.54, 1.807) is 0 Å². The average molecular weight is 241 g/mol. The topological polar surface area (TPSA) is 37.8 Å². The molecule has 1 aromatic heterocycles. The van der Waals surface area contributed by atoms with Gasteiger partial charge in [0.05, 0.1) is 5.69 Å². The van der Waals surface area contributed by atoms with Crippen LogP contribution in [0.2, 0.25) is 0 Å². The van der Waals surface area contributed by atoms with Crippen LogP contribution in [-0.4, -0.2) is 10.2 Å². The van der Waals surface area contributed by atoms with Crippen LogP contribution >= 0.6 is 0 Å². The fourth-order valence-electron chi connectivity index (χ4n) is 1.82. The lowest BCUT2D eigenvalue weighted by atomic mass is 10.1. The molecule has 1 N–H and O–H groups in total. The van der Waals surface area contributed by atoms with Gasteiger partial charge in [-0.3, -0.25) is 0 Å². The van der Waals surface area contributed by atoms with Crippen molar-refractivity contribution in [1.82, 2.24) is 10.2 Å². The molecule has 2 aromatic rings. The van der Waals surface area contributed by atoms with Crippen LogP contribution in [-0.2, 0) is 6.42 Å². The maximum absolute atomic E-state index is 4.12. The van der Waals surface area contributed by atoms with E-state index in [0.29, 0.717) is 0 Å². The van der Waals surface area contributed by atoms with E-state index in [2.05, 4.69) is 53.6 Å². The summed E-state index contributed by atoms with van der Waals surface area (Å²) in [6.07, 6.45) is 1.07. The second-order valence-electron chi connectivity index (χ2n) is 4.52. The van der Waals surface area contributed by atoms with Gasteiger partial charge in [-0.15, -0.1) is 5.10 Å². The Balaban J connectivity index is 2.06. The van der Waals surface area contributed by atoms with Crippen LogP contribution in [0.5, 0.6) is 0 Å². The molecule has 1 unspecified atom stereocenters. The Bertz CT molecular complexity index is 488. The Morgan fingerprint density at radius 2 is 1.78 bits per heavy atom. The van der Waals surface area contributed by atoms with E-state index in [-0.39, 0.29) is 6.04 Å². The minimum Gasteiger partial charge on any atom is -0.362 e. The molecule has 18 heavy (non-hydrogen) atoms. The largest absolute Gasteiger partial charge is 0.362 e. The number of nitrogens with zero attached hydrogens (tertiary/aromatic N) is 2. The van der Waals surface area contributed by atoms with Crippen molar-refractivity contribution in [2.45, 2.75) is 33.2 Å². The number of hydrogen-bond donors (Lipinski definition) is 1. The molecule has 1 heterocycles. The van der Waals surface area contributed by atoms with Gasteiger partial charge in [0.2, 0.25) is 0 Å². The minimum absolute atomic E-state index is 0.230. The van der Waals surface area contributed by atoms with E-state index >= 15 is 0 Å². The first kappa shape index (κ1) is 12.6. The van der Waals surface area contributed by atoms with Crippen LogP contribution in [0.15, 0.2) is 36.4 Å². The van der Waals surface area contributed by atoms with E-state index in [1.165, 1.54) is 11.1 Å². The molecule has 0 saturated carbocycles. The van der Waals surface area contributed by atoms with Crippen molar-refractivity contribution in [1.29, 1.82) is 0 Å². The molecule has 0 saturated heterocycles. The Morgan fingerprint density at radius 1 is 1.06 bits per heavy atom. The molecular weight excluding hydrogens is 222 g/mol. The van der Waals surface area contributed by atoms with Gasteiger partial charge in [-0.2, -0.15) is 5.10 Å². The van der Waals surface area contributed by atoms with Crippen LogP contribution in [0.25, 0.3) is 0 Å². The summed E-state index contributed by atoms with van der Waals surface area (Å²) in [7, 11) is 0. The van der Waals surface area contributed by atoms with Gasteiger partial charge in [0.15, 0.2) is 0 Å². The zero-order valence-electron chi connectivity index (χ0n) is 11.1. The quantitative estimate of drug-likeness (QED) is 0.890. The number of aromatic nitrogens is 2. The van der Waals surface area contributed by atoms with Crippen LogP contribution in [0.1, 0.15) is 36.7 Å². The van der Waals surface area contributed by atoms with Crippen molar-refractivity contribution in [3.8, 4) is 0 Å². The predicted molar refractivity (Wildman–Crippen MR) is 74.6 cm³/mol. The normalized spacial score (nSPS) is 12.2. The van der Waals surface area contributed by atoms with Crippen molar-refractivity contribution in [2.75, 3.05) is 5.32 Å². The smallest absolute Gasteiger partial charge is 0.149 e. The van der Waals surface area contributed by atoms with Crippen molar-refractivity contribution in [3.63, 3.8) is 0 Å². The van der Waals surface area contributed by atoms with E-state index in [0.717, 1.165) is 17.9 Å². The predicted octanol–water partition coefficient (Wildman–Crippen LogP) is 3.52. The van der Waals surface area contributed by atoms with E-state index in [1.807, 2.05) is 19.1 Å². The zero-order valence-corrected chi connectivity index (χ0v) is 11.1. The summed E-state index contributed by atoms with van der Waals surface area (Å²) < 4.78 is 0. The third-order valence-electron chi connectivity index (χ3n) is 3.05. The van der Waals surface area contributed by atoms with Gasteiger partial charge in [-0.05, 0) is 43.5 Å². The highest BCUT2D eigenvalue weighted by Gasteiger charge is 2.05. The summed E-state index contributed by atoms with van der Waals surface area (Å²) in [5, 5.41) is 11.5. The molecule has 0 fully saturated rings. The maximum Gasteiger partial charge on any atom is 0.149 e. The lowest BCUT2D eigenvalue weighted by Crippen LogP contribution is -2.08. The average Bonchev–Trinajstić information content (AvgIpc) is 2.41. The van der Waals surface area contributed by atoms with Gasteiger partial charge in [0, 0.05) is 6.04 Å². The van der Waals surface area contributed by atoms with Crippen molar-refractivity contribution in [3.05, 3.63) is 53.2 Å². The number of rotatable bonds is 4. The van der Waals surface area contributed by atoms with E-state index in [9.17, 15) is 0 Å². The highest BCUT2D eigenvalue weighted by atomic mass is 15.2. The first-order valence-electron chi connectivity index (χ1n) is 6.34. The molecule has 1 atom stereocenters. The monoisotopic (exact) mass is 241 g/mol. The van der Waals surface area contributed by atoms with Crippen molar-refractivity contribution in [2.24, 2.45) is 0 Å². The van der Waals surface area contributed by atoms with E-state index < -0.39 is 0 Å². The van der Waals surface area contributed by atoms with Crippen molar-refractivity contribution < 1.29 is 0 Å². The molecule has 0 spiro atoms. The van der Waals surface area contributed by atoms with Crippen LogP contribution < -0.4 is 5.32 Å². The summed E-state index contributed by atoms with van der Waals surface area (Å²) in [6.45, 7) is 6.23. The molecular formula is C15H19N3. The number of nitrogens with one attached hydrogen (secondary N) is 1. The highest BCUT2D eigenvalue weighted by molar-refractivity contribution is 5.37. The molecule has 0 amide bonds. The summed E-state index contributed by atoms with van der Waals surface area (Å²) in [4.78, 5) is 0. The van der Waals surface area contributed by atoms with Gasteiger partial charge in [-0.25, -0.2) is 0 Å². The summed E-state index contributed by atoms with van der Waals surface area (Å²) in [6, 6.07) is 12.8. The number of anilines is 1. The minimum atomic E-state index is 0.230. The molecule has 2 rings (SSSR count). The fraction of sp³-hybridized carbons (Fsp3) is 0.333. The first-order chi connectivity index (χ1) is 8.69. The lowest BCUT2D eigenvalue weighted by molar-refractivity contribution is 0.854. The Hall–Kier alpha value is -1.90. The second-order valence-corrected chi connectivity index (χ2v) is 4.52.